The molecule has 0 saturated carbocycles. The number of fused-ring (bicyclic) bond motifs is 1. The van der Waals surface area contributed by atoms with Crippen molar-refractivity contribution in [2.24, 2.45) is 0 Å². The molecule has 3 heteroatoms. The van der Waals surface area contributed by atoms with Crippen molar-refractivity contribution in [2.45, 2.75) is 18.7 Å². The Morgan fingerprint density at radius 2 is 2.27 bits per heavy atom. The van der Waals surface area contributed by atoms with E-state index in [-0.39, 0.29) is 0 Å². The van der Waals surface area contributed by atoms with E-state index in [1.807, 2.05) is 6.07 Å². The Balaban J connectivity index is 2.43. The van der Waals surface area contributed by atoms with Crippen molar-refractivity contribution in [3.63, 3.8) is 0 Å². The number of anilines is 1. The zero-order valence-corrected chi connectivity index (χ0v) is 10.1. The van der Waals surface area contributed by atoms with Gasteiger partial charge in [0.1, 0.15) is 5.75 Å². The van der Waals surface area contributed by atoms with Crippen LogP contribution in [0.4, 0.5) is 5.69 Å². The summed E-state index contributed by atoms with van der Waals surface area (Å²) in [7, 11) is 1.70. The summed E-state index contributed by atoms with van der Waals surface area (Å²) in [6.07, 6.45) is 2.15. The van der Waals surface area contributed by atoms with Gasteiger partial charge in [0.2, 0.25) is 0 Å². The lowest BCUT2D eigenvalue weighted by atomic mass is 10.3. The summed E-state index contributed by atoms with van der Waals surface area (Å²) < 4.78 is 5.23. The monoisotopic (exact) mass is 221 g/mol. The minimum atomic E-state index is 0.926. The molecule has 1 aromatic rings. The first-order valence-corrected chi connectivity index (χ1v) is 5.91. The molecule has 2 nitrogen and oxygen atoms in total. The van der Waals surface area contributed by atoms with Gasteiger partial charge in [-0.2, -0.15) is 0 Å². The van der Waals surface area contributed by atoms with Crippen LogP contribution in [0.2, 0.25) is 0 Å². The number of allylic oxidation sites excluding steroid dienone is 1. The molecule has 0 atom stereocenters. The lowest BCUT2D eigenvalue weighted by Gasteiger charge is -2.17. The number of benzene rings is 1. The van der Waals surface area contributed by atoms with Crippen LogP contribution in [0.1, 0.15) is 13.8 Å². The van der Waals surface area contributed by atoms with E-state index < -0.39 is 0 Å². The Morgan fingerprint density at radius 3 is 2.87 bits per heavy atom. The minimum Gasteiger partial charge on any atom is -0.497 e. The van der Waals surface area contributed by atoms with Crippen molar-refractivity contribution in [1.82, 2.24) is 0 Å². The van der Waals surface area contributed by atoms with Gasteiger partial charge in [0.05, 0.1) is 17.8 Å². The Hall–Kier alpha value is -1.09. The second-order valence-electron chi connectivity index (χ2n) is 3.31. The lowest BCUT2D eigenvalue weighted by molar-refractivity contribution is 0.414. The summed E-state index contributed by atoms with van der Waals surface area (Å²) in [5.74, 6) is 0.926. The van der Waals surface area contributed by atoms with Crippen molar-refractivity contribution in [1.29, 1.82) is 0 Å². The highest BCUT2D eigenvalue weighted by Crippen LogP contribution is 2.46. The molecule has 80 valence electrons. The molecule has 1 aromatic carbocycles. The van der Waals surface area contributed by atoms with Gasteiger partial charge < -0.3 is 9.64 Å². The van der Waals surface area contributed by atoms with Gasteiger partial charge in [0.15, 0.2) is 0 Å². The predicted octanol–water partition coefficient (Wildman–Crippen LogP) is 3.49. The first-order valence-electron chi connectivity index (χ1n) is 5.10. The smallest absolute Gasteiger partial charge is 0.120 e. The van der Waals surface area contributed by atoms with Gasteiger partial charge in [0.25, 0.3) is 0 Å². The number of nitrogens with zero attached hydrogens (tertiary/aromatic N) is 1. The number of ether oxygens (including phenoxy) is 1. The zero-order chi connectivity index (χ0) is 10.8. The molecule has 0 fully saturated rings. The van der Waals surface area contributed by atoms with Crippen molar-refractivity contribution in [3.8, 4) is 5.75 Å². The second kappa shape index (κ2) is 4.19. The average molecular weight is 221 g/mol. The Morgan fingerprint density at radius 1 is 1.47 bits per heavy atom. The van der Waals surface area contributed by atoms with Crippen LogP contribution < -0.4 is 9.64 Å². The first-order chi connectivity index (χ1) is 7.30. The van der Waals surface area contributed by atoms with Crippen LogP contribution in [0, 0.1) is 0 Å². The maximum atomic E-state index is 5.23. The van der Waals surface area contributed by atoms with Gasteiger partial charge in [-0.1, -0.05) is 17.8 Å². The third kappa shape index (κ3) is 1.72. The molecule has 1 aliphatic heterocycles. The van der Waals surface area contributed by atoms with Crippen molar-refractivity contribution < 1.29 is 4.74 Å². The maximum Gasteiger partial charge on any atom is 0.120 e. The minimum absolute atomic E-state index is 0.926. The number of hydrogen-bond donors (Lipinski definition) is 0. The molecule has 0 saturated heterocycles. The van der Waals surface area contributed by atoms with Gasteiger partial charge in [-0.05, 0) is 32.0 Å². The molecule has 0 aliphatic carbocycles. The van der Waals surface area contributed by atoms with E-state index >= 15 is 0 Å². The lowest BCUT2D eigenvalue weighted by Crippen LogP contribution is -2.16. The van der Waals surface area contributed by atoms with Gasteiger partial charge >= 0.3 is 0 Å². The maximum absolute atomic E-state index is 5.23. The van der Waals surface area contributed by atoms with Crippen LogP contribution in [-0.4, -0.2) is 13.7 Å². The van der Waals surface area contributed by atoms with Crippen LogP contribution in [0.25, 0.3) is 0 Å². The topological polar surface area (TPSA) is 12.5 Å². The Kier molecular flexibility index (Phi) is 2.91. The quantitative estimate of drug-likeness (QED) is 0.758. The van der Waals surface area contributed by atoms with Crippen LogP contribution in [0.3, 0.4) is 0 Å². The molecule has 0 spiro atoms. The van der Waals surface area contributed by atoms with Gasteiger partial charge in [-0.15, -0.1) is 0 Å². The van der Waals surface area contributed by atoms with E-state index in [1.165, 1.54) is 15.6 Å². The molecule has 0 amide bonds. The van der Waals surface area contributed by atoms with Crippen LogP contribution in [0.15, 0.2) is 34.2 Å². The largest absolute Gasteiger partial charge is 0.497 e. The zero-order valence-electron chi connectivity index (χ0n) is 9.28. The fourth-order valence-electron chi connectivity index (χ4n) is 1.75. The van der Waals surface area contributed by atoms with E-state index in [9.17, 15) is 0 Å². The van der Waals surface area contributed by atoms with E-state index in [4.69, 9.17) is 4.74 Å². The van der Waals surface area contributed by atoms with E-state index in [2.05, 4.69) is 37.0 Å². The number of hydrogen-bond acceptors (Lipinski definition) is 3. The van der Waals surface area contributed by atoms with Crippen LogP contribution in [0.5, 0.6) is 5.75 Å². The summed E-state index contributed by atoms with van der Waals surface area (Å²) in [5, 5.41) is 1.31. The molecule has 15 heavy (non-hydrogen) atoms. The number of methoxy groups -OCH3 is 1. The summed E-state index contributed by atoms with van der Waals surface area (Å²) in [5.41, 5.74) is 1.29. The summed E-state index contributed by atoms with van der Waals surface area (Å²) in [6.45, 7) is 5.25. The van der Waals surface area contributed by atoms with E-state index in [0.717, 1.165) is 12.3 Å². The molecule has 2 rings (SSSR count). The molecular formula is C12H15NOS. The highest BCUT2D eigenvalue weighted by Gasteiger charge is 2.23. The first kappa shape index (κ1) is 10.4. The summed E-state index contributed by atoms with van der Waals surface area (Å²) in [6, 6.07) is 6.24. The number of thioether (sulfide) groups is 1. The van der Waals surface area contributed by atoms with Gasteiger partial charge in [0, 0.05) is 11.4 Å². The Bertz CT molecular complexity index is 401. The Labute approximate surface area is 94.9 Å². The van der Waals surface area contributed by atoms with Crippen molar-refractivity contribution in [2.75, 3.05) is 18.6 Å². The average Bonchev–Trinajstić information content (AvgIpc) is 2.65. The molecule has 0 bridgehead atoms. The summed E-state index contributed by atoms with van der Waals surface area (Å²) >= 11 is 1.81. The van der Waals surface area contributed by atoms with Crippen LogP contribution >= 0.6 is 11.8 Å². The van der Waals surface area contributed by atoms with Gasteiger partial charge in [-0.25, -0.2) is 0 Å². The normalized spacial score (nSPS) is 17.0. The molecular weight excluding hydrogens is 206 g/mol. The predicted molar refractivity (Wildman–Crippen MR) is 65.6 cm³/mol. The SMILES string of the molecule is CC=C1Sc2cc(OC)ccc2N1CC. The standard InChI is InChI=1S/C12H15NOS/c1-4-12-13(5-2)10-7-6-9(14-3)8-11(10)15-12/h4,6-8H,5H2,1-3H3. The van der Waals surface area contributed by atoms with Crippen LogP contribution in [-0.2, 0) is 0 Å². The third-order valence-corrected chi connectivity index (χ3v) is 3.71. The second-order valence-corrected chi connectivity index (χ2v) is 4.37. The van der Waals surface area contributed by atoms with Crippen molar-refractivity contribution >= 4 is 17.4 Å². The van der Waals surface area contributed by atoms with Gasteiger partial charge in [-0.3, -0.25) is 0 Å². The highest BCUT2D eigenvalue weighted by molar-refractivity contribution is 8.03. The molecule has 0 N–H and O–H groups in total. The molecule has 1 heterocycles. The molecule has 0 unspecified atom stereocenters. The molecule has 0 radical (unpaired) electrons. The fraction of sp³-hybridized carbons (Fsp3) is 0.333. The summed E-state index contributed by atoms with van der Waals surface area (Å²) in [4.78, 5) is 3.60. The van der Waals surface area contributed by atoms with E-state index in [1.54, 1.807) is 18.9 Å². The fourth-order valence-corrected chi connectivity index (χ4v) is 2.89. The molecule has 0 aromatic heterocycles. The number of rotatable bonds is 2. The third-order valence-electron chi connectivity index (χ3n) is 2.50. The van der Waals surface area contributed by atoms with E-state index in [0.29, 0.717) is 0 Å². The highest BCUT2D eigenvalue weighted by atomic mass is 32.2. The molecule has 1 aliphatic rings. The van der Waals surface area contributed by atoms with Crippen molar-refractivity contribution in [3.05, 3.63) is 29.3 Å².